The lowest BCUT2D eigenvalue weighted by Crippen LogP contribution is -2.57. The number of nitrogens with one attached hydrogen (secondary N) is 3. The molecule has 138 valence electrons. The first-order chi connectivity index (χ1) is 11.2. The maximum absolute atomic E-state index is 11.9. The zero-order valence-corrected chi connectivity index (χ0v) is 13.8. The number of carboxylic acid groups (broad SMARTS) is 1. The van der Waals surface area contributed by atoms with Crippen molar-refractivity contribution in [3.8, 4) is 0 Å². The lowest BCUT2D eigenvalue weighted by atomic mass is 10.2. The molecule has 0 aliphatic rings. The van der Waals surface area contributed by atoms with Crippen LogP contribution in [0.25, 0.3) is 0 Å². The van der Waals surface area contributed by atoms with Gasteiger partial charge in [-0.05, 0) is 6.92 Å². The molecule has 0 spiro atoms. The maximum Gasteiger partial charge on any atom is 0.328 e. The number of aliphatic hydroxyl groups excluding tert-OH is 2. The second kappa shape index (κ2) is 10.8. The molecule has 8 N–H and O–H groups in total. The molecule has 11 nitrogen and oxygen atoms in total. The summed E-state index contributed by atoms with van der Waals surface area (Å²) >= 11 is 3.83. The van der Waals surface area contributed by atoms with Gasteiger partial charge in [0, 0.05) is 5.75 Å². The number of thiol groups is 1. The lowest BCUT2D eigenvalue weighted by Gasteiger charge is -2.21. The lowest BCUT2D eigenvalue weighted by molar-refractivity contribution is -0.143. The van der Waals surface area contributed by atoms with Gasteiger partial charge in [-0.25, -0.2) is 4.79 Å². The SMILES string of the molecule is CC(NC(=O)C(CO)NC(=O)C(N)CS)C(=O)NC(CO)C(=O)O. The van der Waals surface area contributed by atoms with E-state index in [1.54, 1.807) is 0 Å². The molecule has 4 unspecified atom stereocenters. The van der Waals surface area contributed by atoms with Crippen molar-refractivity contribution < 1.29 is 34.5 Å². The van der Waals surface area contributed by atoms with Gasteiger partial charge in [0.15, 0.2) is 0 Å². The van der Waals surface area contributed by atoms with E-state index in [4.69, 9.17) is 21.1 Å². The second-order valence-corrected chi connectivity index (χ2v) is 5.21. The topological polar surface area (TPSA) is 191 Å². The second-order valence-electron chi connectivity index (χ2n) is 4.85. The Kier molecular flexibility index (Phi) is 9.95. The molecular formula is C12H22N4O7S. The summed E-state index contributed by atoms with van der Waals surface area (Å²) in [7, 11) is 0. The zero-order valence-electron chi connectivity index (χ0n) is 12.9. The number of hydrogen-bond acceptors (Lipinski definition) is 8. The van der Waals surface area contributed by atoms with Crippen LogP contribution in [0.2, 0.25) is 0 Å². The largest absolute Gasteiger partial charge is 0.480 e. The number of carboxylic acids is 1. The van der Waals surface area contributed by atoms with Crippen molar-refractivity contribution in [1.29, 1.82) is 0 Å². The predicted octanol–water partition coefficient (Wildman–Crippen LogP) is -4.21. The van der Waals surface area contributed by atoms with Crippen LogP contribution in [-0.4, -0.2) is 82.1 Å². The van der Waals surface area contributed by atoms with Gasteiger partial charge in [0.1, 0.15) is 18.1 Å². The van der Waals surface area contributed by atoms with Crippen molar-refractivity contribution in [2.24, 2.45) is 5.73 Å². The highest BCUT2D eigenvalue weighted by Crippen LogP contribution is 1.92. The fourth-order valence-corrected chi connectivity index (χ4v) is 1.58. The molecule has 0 fully saturated rings. The minimum absolute atomic E-state index is 0.0299. The predicted molar refractivity (Wildman–Crippen MR) is 85.1 cm³/mol. The summed E-state index contributed by atoms with van der Waals surface area (Å²) in [6, 6.07) is -5.00. The molecule has 0 heterocycles. The third-order valence-corrected chi connectivity index (χ3v) is 3.29. The first-order valence-corrected chi connectivity index (χ1v) is 7.53. The van der Waals surface area contributed by atoms with Crippen molar-refractivity contribution in [1.82, 2.24) is 16.0 Å². The molecule has 0 aromatic rings. The molecule has 0 saturated carbocycles. The van der Waals surface area contributed by atoms with Gasteiger partial charge in [0.2, 0.25) is 17.7 Å². The highest BCUT2D eigenvalue weighted by Gasteiger charge is 2.27. The van der Waals surface area contributed by atoms with Crippen molar-refractivity contribution in [2.45, 2.75) is 31.1 Å². The quantitative estimate of drug-likeness (QED) is 0.178. The van der Waals surface area contributed by atoms with E-state index in [2.05, 4.69) is 23.3 Å². The minimum atomic E-state index is -1.52. The van der Waals surface area contributed by atoms with Crippen LogP contribution in [0.15, 0.2) is 0 Å². The number of aliphatic carboxylic acids is 1. The standard InChI is InChI=1S/C12H22N4O7S/c1-5(9(19)16-8(3-18)12(22)23)14-11(21)7(2-17)15-10(20)6(13)4-24/h5-8,17-18,24H,2-4,13H2,1H3,(H,14,21)(H,15,20)(H,16,19)(H,22,23). The van der Waals surface area contributed by atoms with Crippen LogP contribution in [0.1, 0.15) is 6.92 Å². The molecule has 0 aromatic carbocycles. The highest BCUT2D eigenvalue weighted by atomic mass is 32.1. The number of carbonyl (C=O) groups is 4. The van der Waals surface area contributed by atoms with Crippen molar-refractivity contribution in [2.75, 3.05) is 19.0 Å². The Labute approximate surface area is 143 Å². The van der Waals surface area contributed by atoms with Gasteiger partial charge in [-0.2, -0.15) is 12.6 Å². The fraction of sp³-hybridized carbons (Fsp3) is 0.667. The summed E-state index contributed by atoms with van der Waals surface area (Å²) in [4.78, 5) is 46.0. The van der Waals surface area contributed by atoms with Crippen molar-refractivity contribution >= 4 is 36.3 Å². The van der Waals surface area contributed by atoms with Gasteiger partial charge in [0.05, 0.1) is 19.3 Å². The molecule has 0 aromatic heterocycles. The van der Waals surface area contributed by atoms with E-state index in [1.165, 1.54) is 6.92 Å². The van der Waals surface area contributed by atoms with Crippen LogP contribution < -0.4 is 21.7 Å². The highest BCUT2D eigenvalue weighted by molar-refractivity contribution is 7.80. The summed E-state index contributed by atoms with van der Waals surface area (Å²) in [5, 5.41) is 33.1. The van der Waals surface area contributed by atoms with Crippen LogP contribution in [0.3, 0.4) is 0 Å². The molecular weight excluding hydrogens is 344 g/mol. The average Bonchev–Trinajstić information content (AvgIpc) is 2.55. The van der Waals surface area contributed by atoms with E-state index < -0.39 is 61.1 Å². The number of rotatable bonds is 10. The Morgan fingerprint density at radius 2 is 1.46 bits per heavy atom. The normalized spacial score (nSPS) is 15.5. The molecule has 0 aliphatic heterocycles. The number of carbonyl (C=O) groups excluding carboxylic acids is 3. The number of aliphatic hydroxyl groups is 2. The van der Waals surface area contributed by atoms with Crippen LogP contribution >= 0.6 is 12.6 Å². The van der Waals surface area contributed by atoms with Crippen LogP contribution in [0.4, 0.5) is 0 Å². The van der Waals surface area contributed by atoms with Gasteiger partial charge in [-0.15, -0.1) is 0 Å². The molecule has 0 rings (SSSR count). The monoisotopic (exact) mass is 366 g/mol. The minimum Gasteiger partial charge on any atom is -0.480 e. The maximum atomic E-state index is 11.9. The smallest absolute Gasteiger partial charge is 0.328 e. The summed E-state index contributed by atoms with van der Waals surface area (Å²) in [6.07, 6.45) is 0. The molecule has 0 saturated heterocycles. The number of amides is 3. The third-order valence-electron chi connectivity index (χ3n) is 2.90. The van der Waals surface area contributed by atoms with Gasteiger partial charge in [0.25, 0.3) is 0 Å². The molecule has 3 amide bonds. The Morgan fingerprint density at radius 3 is 1.88 bits per heavy atom. The van der Waals surface area contributed by atoms with Crippen LogP contribution in [0, 0.1) is 0 Å². The average molecular weight is 366 g/mol. The number of nitrogens with two attached hydrogens (primary N) is 1. The Morgan fingerprint density at radius 1 is 0.958 bits per heavy atom. The van der Waals surface area contributed by atoms with Gasteiger partial charge in [-0.3, -0.25) is 14.4 Å². The van der Waals surface area contributed by atoms with E-state index in [-0.39, 0.29) is 5.75 Å². The third kappa shape index (κ3) is 7.12. The van der Waals surface area contributed by atoms with E-state index in [9.17, 15) is 19.2 Å². The molecule has 0 radical (unpaired) electrons. The zero-order chi connectivity index (χ0) is 18.9. The van der Waals surface area contributed by atoms with E-state index in [1.807, 2.05) is 5.32 Å². The number of hydrogen-bond donors (Lipinski definition) is 8. The molecule has 24 heavy (non-hydrogen) atoms. The van der Waals surface area contributed by atoms with Crippen LogP contribution in [-0.2, 0) is 19.2 Å². The van der Waals surface area contributed by atoms with Crippen molar-refractivity contribution in [3.63, 3.8) is 0 Å². The first-order valence-electron chi connectivity index (χ1n) is 6.89. The molecule has 0 bridgehead atoms. The van der Waals surface area contributed by atoms with E-state index in [0.717, 1.165) is 0 Å². The first kappa shape index (κ1) is 22.1. The Balaban J connectivity index is 4.67. The van der Waals surface area contributed by atoms with Gasteiger partial charge >= 0.3 is 5.97 Å². The fourth-order valence-electron chi connectivity index (χ4n) is 1.42. The molecule has 12 heteroatoms. The Hall–Kier alpha value is -1.89. The van der Waals surface area contributed by atoms with Gasteiger partial charge in [-0.1, -0.05) is 0 Å². The molecule has 4 atom stereocenters. The summed E-state index contributed by atoms with van der Waals surface area (Å²) in [5.74, 6) is -3.84. The van der Waals surface area contributed by atoms with Crippen molar-refractivity contribution in [3.05, 3.63) is 0 Å². The summed E-state index contributed by atoms with van der Waals surface area (Å²) in [5.41, 5.74) is 5.42. The Bertz CT molecular complexity index is 476. The molecule has 0 aliphatic carbocycles. The van der Waals surface area contributed by atoms with Gasteiger partial charge < -0.3 is 37.0 Å². The van der Waals surface area contributed by atoms with E-state index in [0.29, 0.717) is 0 Å². The summed E-state index contributed by atoms with van der Waals surface area (Å²) in [6.45, 7) is -0.294. The summed E-state index contributed by atoms with van der Waals surface area (Å²) < 4.78 is 0. The van der Waals surface area contributed by atoms with Crippen LogP contribution in [0.5, 0.6) is 0 Å². The van der Waals surface area contributed by atoms with E-state index >= 15 is 0 Å².